The molecule has 9 rings (SSSR count). The Bertz CT molecular complexity index is 2240. The number of amides is 2. The first-order chi connectivity index (χ1) is 25.1. The summed E-state index contributed by atoms with van der Waals surface area (Å²) in [6.45, 7) is 0. The standard InChI is InChI=1S/C45H31N3O3/c49-41-39-40(42(50)48(41)36-28-26-35(27-29-36)47-46-34-24-14-5-15-25-34)45(33-22-12-4-13-23-33)38(31-18-8-2-9-19-31)37(30-16-6-1-7-17-30)44(39,43(45)51)32-20-10-3-11-21-32/h1-29,39-40H/t39-,40+,44-,45-/m0/s1. The van der Waals surface area contributed by atoms with Crippen LogP contribution in [0.2, 0.25) is 0 Å². The SMILES string of the molecule is O=C1[C@@H]2[C@H](C(=O)N1c1ccc(N=Nc3ccccc3)cc1)[C@@]1(c3ccccc3)C(=O)[C@@]2(c2ccccc2)C(c2ccccc2)=C1c1ccccc1. The first kappa shape index (κ1) is 30.5. The molecule has 6 nitrogen and oxygen atoms in total. The third-order valence-corrected chi connectivity index (χ3v) is 10.7. The number of allylic oxidation sites excluding steroid dienone is 2. The predicted molar refractivity (Wildman–Crippen MR) is 197 cm³/mol. The van der Waals surface area contributed by atoms with Crippen molar-refractivity contribution in [2.75, 3.05) is 4.90 Å². The molecule has 6 aromatic rings. The lowest BCUT2D eigenvalue weighted by Crippen LogP contribution is -2.45. The van der Waals surface area contributed by atoms with Crippen molar-refractivity contribution >= 4 is 45.8 Å². The summed E-state index contributed by atoms with van der Waals surface area (Å²) in [6.07, 6.45) is 0. The number of carbonyl (C=O) groups excluding carboxylic acids is 3. The first-order valence-electron chi connectivity index (χ1n) is 17.0. The van der Waals surface area contributed by atoms with E-state index in [4.69, 9.17) is 0 Å². The second-order valence-corrected chi connectivity index (χ2v) is 13.2. The number of carbonyl (C=O) groups is 3. The van der Waals surface area contributed by atoms with E-state index in [2.05, 4.69) is 10.2 Å². The van der Waals surface area contributed by atoms with Gasteiger partial charge in [0.15, 0.2) is 5.78 Å². The van der Waals surface area contributed by atoms with Crippen molar-refractivity contribution in [3.63, 3.8) is 0 Å². The van der Waals surface area contributed by atoms with E-state index >= 15 is 14.4 Å². The van der Waals surface area contributed by atoms with Crippen LogP contribution < -0.4 is 4.90 Å². The molecule has 244 valence electrons. The van der Waals surface area contributed by atoms with Crippen molar-refractivity contribution < 1.29 is 14.4 Å². The minimum atomic E-state index is -1.44. The van der Waals surface area contributed by atoms with E-state index in [1.165, 1.54) is 4.90 Å². The van der Waals surface area contributed by atoms with E-state index in [0.717, 1.165) is 22.3 Å². The predicted octanol–water partition coefficient (Wildman–Crippen LogP) is 9.29. The van der Waals surface area contributed by atoms with Crippen molar-refractivity contribution in [1.82, 2.24) is 0 Å². The van der Waals surface area contributed by atoms with Crippen LogP contribution in [0.4, 0.5) is 17.1 Å². The van der Waals surface area contributed by atoms with Crippen LogP contribution in [0.1, 0.15) is 22.3 Å². The lowest BCUT2D eigenvalue weighted by atomic mass is 9.59. The topological polar surface area (TPSA) is 79.2 Å². The van der Waals surface area contributed by atoms with Gasteiger partial charge in [0.1, 0.15) is 0 Å². The molecule has 2 aliphatic carbocycles. The van der Waals surface area contributed by atoms with Gasteiger partial charge in [0.25, 0.3) is 0 Å². The van der Waals surface area contributed by atoms with Gasteiger partial charge in [-0.25, -0.2) is 4.90 Å². The van der Waals surface area contributed by atoms with E-state index in [9.17, 15) is 0 Å². The fraction of sp³-hybridized carbons (Fsp3) is 0.0889. The number of azo groups is 1. The Balaban J connectivity index is 1.30. The number of ketones is 1. The van der Waals surface area contributed by atoms with E-state index in [1.807, 2.05) is 152 Å². The number of imide groups is 1. The zero-order valence-corrected chi connectivity index (χ0v) is 27.5. The normalized spacial score (nSPS) is 23.8. The summed E-state index contributed by atoms with van der Waals surface area (Å²) in [5.74, 6) is -2.89. The van der Waals surface area contributed by atoms with Gasteiger partial charge in [-0.15, -0.1) is 0 Å². The summed E-state index contributed by atoms with van der Waals surface area (Å²) in [6, 6.07) is 55.3. The van der Waals surface area contributed by atoms with Gasteiger partial charge >= 0.3 is 0 Å². The van der Waals surface area contributed by atoms with E-state index in [0.29, 0.717) is 28.2 Å². The Morgan fingerprint density at radius 3 is 1.18 bits per heavy atom. The minimum absolute atomic E-state index is 0.141. The Morgan fingerprint density at radius 2 is 0.765 bits per heavy atom. The van der Waals surface area contributed by atoms with Crippen LogP contribution >= 0.6 is 0 Å². The maximum atomic E-state index is 16.0. The number of hydrogen-bond acceptors (Lipinski definition) is 5. The highest BCUT2D eigenvalue weighted by atomic mass is 16.2. The molecule has 0 N–H and O–H groups in total. The number of Topliss-reactive ketones (excluding diaryl/α,β-unsaturated/α-hetero) is 1. The largest absolute Gasteiger partial charge is 0.297 e. The molecule has 4 atom stereocenters. The van der Waals surface area contributed by atoms with Crippen LogP contribution in [-0.4, -0.2) is 17.6 Å². The summed E-state index contributed by atoms with van der Waals surface area (Å²) in [5.41, 5.74) is 3.47. The van der Waals surface area contributed by atoms with Crippen molar-refractivity contribution in [3.05, 3.63) is 198 Å². The Morgan fingerprint density at radius 1 is 0.412 bits per heavy atom. The summed E-state index contributed by atoms with van der Waals surface area (Å²) in [4.78, 5) is 47.6. The van der Waals surface area contributed by atoms with Crippen LogP contribution in [0.5, 0.6) is 0 Å². The molecule has 2 fully saturated rings. The van der Waals surface area contributed by atoms with Gasteiger partial charge in [-0.05, 0) is 69.8 Å². The zero-order chi connectivity index (χ0) is 34.6. The molecule has 0 unspecified atom stereocenters. The van der Waals surface area contributed by atoms with Gasteiger partial charge in [-0.3, -0.25) is 14.4 Å². The van der Waals surface area contributed by atoms with Crippen LogP contribution in [0.15, 0.2) is 186 Å². The zero-order valence-electron chi connectivity index (χ0n) is 27.5. The number of anilines is 1. The minimum Gasteiger partial charge on any atom is -0.297 e. The Kier molecular flexibility index (Phi) is 7.07. The molecule has 2 amide bonds. The second-order valence-electron chi connectivity index (χ2n) is 13.2. The molecule has 0 aromatic heterocycles. The van der Waals surface area contributed by atoms with E-state index < -0.39 is 22.7 Å². The third-order valence-electron chi connectivity index (χ3n) is 10.7. The maximum absolute atomic E-state index is 16.0. The molecule has 51 heavy (non-hydrogen) atoms. The van der Waals surface area contributed by atoms with Gasteiger partial charge in [0.2, 0.25) is 11.8 Å². The molecule has 6 aromatic carbocycles. The molecule has 1 aliphatic heterocycles. The number of fused-ring (bicyclic) bond motifs is 5. The fourth-order valence-corrected chi connectivity index (χ4v) is 8.87. The lowest BCUT2D eigenvalue weighted by Gasteiger charge is -2.39. The lowest BCUT2D eigenvalue weighted by molar-refractivity contribution is -0.130. The molecule has 1 saturated carbocycles. The smallest absolute Gasteiger partial charge is 0.239 e. The average Bonchev–Trinajstić information content (AvgIpc) is 3.71. The van der Waals surface area contributed by atoms with Gasteiger partial charge in [-0.1, -0.05) is 140 Å². The van der Waals surface area contributed by atoms with E-state index in [-0.39, 0.29) is 17.6 Å². The molecular formula is C45H31N3O3. The fourth-order valence-electron chi connectivity index (χ4n) is 8.87. The second kappa shape index (κ2) is 11.8. The van der Waals surface area contributed by atoms with Crippen LogP contribution in [-0.2, 0) is 25.2 Å². The molecule has 0 radical (unpaired) electrons. The molecule has 0 spiro atoms. The maximum Gasteiger partial charge on any atom is 0.239 e. The summed E-state index contributed by atoms with van der Waals surface area (Å²) in [7, 11) is 0. The summed E-state index contributed by atoms with van der Waals surface area (Å²) in [5, 5.41) is 8.67. The first-order valence-corrected chi connectivity index (χ1v) is 17.0. The molecular weight excluding hydrogens is 631 g/mol. The monoisotopic (exact) mass is 661 g/mol. The van der Waals surface area contributed by atoms with Crippen molar-refractivity contribution in [2.24, 2.45) is 22.1 Å². The number of benzene rings is 6. The Labute approximate surface area is 295 Å². The Hall–Kier alpha value is -6.53. The highest BCUT2D eigenvalue weighted by molar-refractivity contribution is 6.39. The van der Waals surface area contributed by atoms with Crippen molar-refractivity contribution in [1.29, 1.82) is 0 Å². The van der Waals surface area contributed by atoms with Gasteiger partial charge in [0, 0.05) is 0 Å². The molecule has 3 aliphatic rings. The number of rotatable bonds is 7. The van der Waals surface area contributed by atoms with Gasteiger partial charge in [-0.2, -0.15) is 10.2 Å². The number of nitrogens with zero attached hydrogens (tertiary/aromatic N) is 3. The van der Waals surface area contributed by atoms with Gasteiger partial charge < -0.3 is 0 Å². The third kappa shape index (κ3) is 4.26. The summed E-state index contributed by atoms with van der Waals surface area (Å²) < 4.78 is 0. The van der Waals surface area contributed by atoms with Gasteiger partial charge in [0.05, 0.1) is 39.7 Å². The van der Waals surface area contributed by atoms with E-state index in [1.54, 1.807) is 24.3 Å². The summed E-state index contributed by atoms with van der Waals surface area (Å²) >= 11 is 0. The molecule has 1 heterocycles. The number of hydrogen-bond donors (Lipinski definition) is 0. The van der Waals surface area contributed by atoms with Crippen LogP contribution in [0, 0.1) is 11.8 Å². The molecule has 2 bridgehead atoms. The van der Waals surface area contributed by atoms with Crippen LogP contribution in [0.25, 0.3) is 11.1 Å². The highest BCUT2D eigenvalue weighted by Gasteiger charge is 2.82. The molecule has 1 saturated heterocycles. The van der Waals surface area contributed by atoms with Crippen LogP contribution in [0.3, 0.4) is 0 Å². The average molecular weight is 662 g/mol. The highest BCUT2D eigenvalue weighted by Crippen LogP contribution is 2.74. The quantitative estimate of drug-likeness (QED) is 0.126. The van der Waals surface area contributed by atoms with Crippen molar-refractivity contribution in [2.45, 2.75) is 10.8 Å². The molecule has 6 heteroatoms. The van der Waals surface area contributed by atoms with Crippen molar-refractivity contribution in [3.8, 4) is 0 Å².